The molecule has 0 fully saturated rings. The molecule has 0 unspecified atom stereocenters. The molecular formula is C24H43N3O4. The lowest BCUT2D eigenvalue weighted by Gasteiger charge is -2.12. The number of methoxy groups -OCH3 is 1. The maximum Gasteiger partial charge on any atom is 0.260 e. The van der Waals surface area contributed by atoms with E-state index in [2.05, 4.69) is 17.4 Å². The van der Waals surface area contributed by atoms with Gasteiger partial charge in [0.1, 0.15) is 12.0 Å². The third-order valence-electron chi connectivity index (χ3n) is 5.17. The van der Waals surface area contributed by atoms with Crippen LogP contribution in [0.15, 0.2) is 24.3 Å². The van der Waals surface area contributed by atoms with Gasteiger partial charge in [-0.15, -0.1) is 0 Å². The monoisotopic (exact) mass is 437 g/mol. The van der Waals surface area contributed by atoms with Crippen molar-refractivity contribution in [1.29, 1.82) is 0 Å². The smallest absolute Gasteiger partial charge is 0.260 e. The van der Waals surface area contributed by atoms with Gasteiger partial charge >= 0.3 is 0 Å². The number of unbranched alkanes of at least 4 members (excludes halogenated alkanes) is 8. The van der Waals surface area contributed by atoms with Crippen LogP contribution in [-0.2, 0) is 16.0 Å². The van der Waals surface area contributed by atoms with E-state index in [1.807, 2.05) is 12.1 Å². The highest BCUT2D eigenvalue weighted by Crippen LogP contribution is 2.14. The lowest BCUT2D eigenvalue weighted by molar-refractivity contribution is -0.131. The minimum absolute atomic E-state index is 0.318. The van der Waals surface area contributed by atoms with Gasteiger partial charge in [0.15, 0.2) is 0 Å². The number of hydrogen-bond donors (Lipinski definition) is 4. The third kappa shape index (κ3) is 16.4. The molecule has 1 aromatic carbocycles. The minimum Gasteiger partial charge on any atom is -0.497 e. The first-order valence-corrected chi connectivity index (χ1v) is 11.5. The summed E-state index contributed by atoms with van der Waals surface area (Å²) < 4.78 is 5.15. The standard InChI is InChI=1S/C17H26O2.C7H17N3O2/c1-19-17-13-11-16(12-14-17)10-8-6-4-2-3-5-7-9-15-18;1-9-6(7(11)10-12)4-2-3-5-8/h11-15H,2-10H2,1H3;6,9,12H,2-5,8H2,1H3,(H,10,11)/t;6-/m.1/s1. The maximum atomic E-state index is 10.9. The van der Waals surface area contributed by atoms with Crippen molar-refractivity contribution in [1.82, 2.24) is 10.8 Å². The van der Waals surface area contributed by atoms with Crippen LogP contribution in [0.5, 0.6) is 5.75 Å². The molecule has 31 heavy (non-hydrogen) atoms. The van der Waals surface area contributed by atoms with Crippen LogP contribution in [0.2, 0.25) is 0 Å². The average molecular weight is 438 g/mol. The van der Waals surface area contributed by atoms with Gasteiger partial charge < -0.3 is 20.6 Å². The van der Waals surface area contributed by atoms with Crippen molar-refractivity contribution < 1.29 is 19.5 Å². The van der Waals surface area contributed by atoms with Gasteiger partial charge in [-0.25, -0.2) is 5.48 Å². The number of carbonyl (C=O) groups is 2. The minimum atomic E-state index is -0.394. The summed E-state index contributed by atoms with van der Waals surface area (Å²) in [4.78, 5) is 21.0. The van der Waals surface area contributed by atoms with E-state index in [-0.39, 0.29) is 6.04 Å². The molecule has 1 atom stereocenters. The number of aryl methyl sites for hydroxylation is 1. The number of nitrogens with two attached hydrogens (primary N) is 1. The van der Waals surface area contributed by atoms with Gasteiger partial charge in [-0.05, 0) is 63.4 Å². The highest BCUT2D eigenvalue weighted by Gasteiger charge is 2.13. The molecule has 0 aromatic heterocycles. The largest absolute Gasteiger partial charge is 0.497 e. The van der Waals surface area contributed by atoms with Gasteiger partial charge in [-0.2, -0.15) is 0 Å². The summed E-state index contributed by atoms with van der Waals surface area (Å²) in [5.74, 6) is 0.536. The van der Waals surface area contributed by atoms with Crippen LogP contribution in [0.4, 0.5) is 0 Å². The fourth-order valence-corrected chi connectivity index (χ4v) is 3.21. The molecule has 178 valence electrons. The van der Waals surface area contributed by atoms with Crippen molar-refractivity contribution in [2.45, 2.75) is 83.1 Å². The van der Waals surface area contributed by atoms with Crippen LogP contribution in [0.1, 0.15) is 76.2 Å². The lowest BCUT2D eigenvalue weighted by atomic mass is 10.0. The summed E-state index contributed by atoms with van der Waals surface area (Å²) in [5, 5.41) is 11.1. The Labute approximate surface area is 188 Å². The summed E-state index contributed by atoms with van der Waals surface area (Å²) >= 11 is 0. The number of aldehydes is 1. The first-order valence-electron chi connectivity index (χ1n) is 11.5. The summed E-state index contributed by atoms with van der Waals surface area (Å²) in [6.07, 6.45) is 14.1. The van der Waals surface area contributed by atoms with Gasteiger partial charge in [-0.3, -0.25) is 10.0 Å². The van der Waals surface area contributed by atoms with Crippen molar-refractivity contribution in [3.05, 3.63) is 29.8 Å². The zero-order chi connectivity index (χ0) is 23.2. The van der Waals surface area contributed by atoms with Gasteiger partial charge in [0.25, 0.3) is 5.91 Å². The van der Waals surface area contributed by atoms with E-state index in [1.54, 1.807) is 19.6 Å². The maximum absolute atomic E-state index is 10.9. The molecule has 0 aliphatic carbocycles. The second kappa shape index (κ2) is 21.3. The average Bonchev–Trinajstić information content (AvgIpc) is 2.81. The topological polar surface area (TPSA) is 114 Å². The van der Waals surface area contributed by atoms with E-state index in [0.29, 0.717) is 13.0 Å². The molecule has 0 saturated carbocycles. The molecule has 0 aliphatic rings. The molecule has 0 spiro atoms. The molecule has 0 radical (unpaired) electrons. The van der Waals surface area contributed by atoms with Crippen molar-refractivity contribution in [2.75, 3.05) is 20.7 Å². The predicted octanol–water partition coefficient (Wildman–Crippen LogP) is 3.77. The molecule has 1 amide bonds. The Balaban J connectivity index is 0.000000649. The van der Waals surface area contributed by atoms with Crippen LogP contribution in [0.3, 0.4) is 0 Å². The highest BCUT2D eigenvalue weighted by molar-refractivity contribution is 5.80. The molecule has 0 bridgehead atoms. The lowest BCUT2D eigenvalue weighted by Crippen LogP contribution is -2.41. The van der Waals surface area contributed by atoms with Crippen LogP contribution < -0.4 is 21.3 Å². The Morgan fingerprint density at radius 3 is 2.16 bits per heavy atom. The van der Waals surface area contributed by atoms with Gasteiger partial charge in [0, 0.05) is 6.42 Å². The number of benzene rings is 1. The summed E-state index contributed by atoms with van der Waals surface area (Å²) in [7, 11) is 3.38. The quantitative estimate of drug-likeness (QED) is 0.128. The third-order valence-corrected chi connectivity index (χ3v) is 5.17. The number of hydroxylamine groups is 1. The number of likely N-dealkylation sites (N-methyl/N-ethyl adjacent to an activating group) is 1. The molecule has 7 heteroatoms. The molecule has 0 saturated heterocycles. The summed E-state index contributed by atoms with van der Waals surface area (Å²) in [6.45, 7) is 0.636. The Bertz CT molecular complexity index is 552. The molecular weight excluding hydrogens is 394 g/mol. The Kier molecular flexibility index (Phi) is 19.9. The van der Waals surface area contributed by atoms with Gasteiger partial charge in [0.2, 0.25) is 0 Å². The van der Waals surface area contributed by atoms with Crippen LogP contribution in [0.25, 0.3) is 0 Å². The van der Waals surface area contributed by atoms with Gasteiger partial charge in [0.05, 0.1) is 13.2 Å². The second-order valence-corrected chi connectivity index (χ2v) is 7.63. The predicted molar refractivity (Wildman–Crippen MR) is 125 cm³/mol. The number of rotatable bonds is 17. The van der Waals surface area contributed by atoms with Crippen LogP contribution in [0, 0.1) is 0 Å². The molecule has 7 nitrogen and oxygen atoms in total. The van der Waals surface area contributed by atoms with Crippen LogP contribution >= 0.6 is 0 Å². The van der Waals surface area contributed by atoms with E-state index in [1.165, 1.54) is 44.1 Å². The number of hydrogen-bond acceptors (Lipinski definition) is 6. The number of ether oxygens (including phenoxy) is 1. The van der Waals surface area contributed by atoms with Crippen molar-refractivity contribution in [3.8, 4) is 5.75 Å². The molecule has 5 N–H and O–H groups in total. The fourth-order valence-electron chi connectivity index (χ4n) is 3.21. The second-order valence-electron chi connectivity index (χ2n) is 7.63. The van der Waals surface area contributed by atoms with E-state index >= 15 is 0 Å². The Morgan fingerprint density at radius 2 is 1.65 bits per heavy atom. The van der Waals surface area contributed by atoms with E-state index < -0.39 is 5.91 Å². The van der Waals surface area contributed by atoms with Crippen LogP contribution in [-0.4, -0.2) is 44.1 Å². The molecule has 0 heterocycles. The van der Waals surface area contributed by atoms with Crippen molar-refractivity contribution >= 4 is 12.2 Å². The Morgan fingerprint density at radius 1 is 1.03 bits per heavy atom. The zero-order valence-electron chi connectivity index (χ0n) is 19.4. The SMILES string of the molecule is CN[C@H](CCCCN)C(=O)NO.COc1ccc(CCCCCCCCCC=O)cc1. The number of carbonyl (C=O) groups excluding carboxylic acids is 2. The van der Waals surface area contributed by atoms with E-state index in [9.17, 15) is 9.59 Å². The Hall–Kier alpha value is -1.96. The van der Waals surface area contributed by atoms with Gasteiger partial charge in [-0.1, -0.05) is 50.7 Å². The normalized spacial score (nSPS) is 11.2. The molecule has 1 rings (SSSR count). The van der Waals surface area contributed by atoms with E-state index in [0.717, 1.165) is 44.1 Å². The molecule has 1 aromatic rings. The first-order chi connectivity index (χ1) is 15.1. The van der Waals surface area contributed by atoms with Crippen molar-refractivity contribution in [2.24, 2.45) is 5.73 Å². The summed E-state index contributed by atoms with van der Waals surface area (Å²) in [6, 6.07) is 8.04. The highest BCUT2D eigenvalue weighted by atomic mass is 16.5. The zero-order valence-corrected chi connectivity index (χ0v) is 19.4. The summed E-state index contributed by atoms with van der Waals surface area (Å²) in [5.41, 5.74) is 8.30. The van der Waals surface area contributed by atoms with Crippen molar-refractivity contribution in [3.63, 3.8) is 0 Å². The number of amides is 1. The fraction of sp³-hybridized carbons (Fsp3) is 0.667. The van der Waals surface area contributed by atoms with E-state index in [4.69, 9.17) is 15.7 Å². The first kappa shape index (κ1) is 29.0. The number of nitrogens with one attached hydrogen (secondary N) is 2. The molecule has 0 aliphatic heterocycles.